The number of halogens is 3. The first-order valence-corrected chi connectivity index (χ1v) is 5.48. The van der Waals surface area contributed by atoms with Gasteiger partial charge in [0, 0.05) is 18.2 Å². The summed E-state index contributed by atoms with van der Waals surface area (Å²) in [6, 6.07) is 2.14. The molecule has 4 nitrogen and oxygen atoms in total. The van der Waals surface area contributed by atoms with Crippen LogP contribution in [-0.4, -0.2) is 15.7 Å². The molecule has 0 spiro atoms. The molecule has 0 bridgehead atoms. The lowest BCUT2D eigenvalue weighted by molar-refractivity contribution is -0.385. The first-order chi connectivity index (χ1) is 7.23. The van der Waals surface area contributed by atoms with Gasteiger partial charge in [0.05, 0.1) is 4.92 Å². The Morgan fingerprint density at radius 1 is 1.38 bits per heavy atom. The Morgan fingerprint density at radius 2 is 1.94 bits per heavy atom. The summed E-state index contributed by atoms with van der Waals surface area (Å²) in [5.74, 6) is 0. The second kappa shape index (κ2) is 4.30. The van der Waals surface area contributed by atoms with Crippen LogP contribution in [0.5, 0.6) is 0 Å². The molecule has 0 heterocycles. The van der Waals surface area contributed by atoms with Crippen LogP contribution in [0.4, 0.5) is 18.9 Å². The molecule has 1 aromatic carbocycles. The summed E-state index contributed by atoms with van der Waals surface area (Å²) in [6.07, 6.45) is -3.68. The number of nitro groups is 1. The molecule has 0 fully saturated rings. The fourth-order valence-electron chi connectivity index (χ4n) is 1.10. The lowest BCUT2D eigenvalue weighted by Crippen LogP contribution is -2.12. The van der Waals surface area contributed by atoms with E-state index < -0.39 is 38.4 Å². The van der Waals surface area contributed by atoms with Crippen molar-refractivity contribution >= 4 is 16.9 Å². The lowest BCUT2D eigenvalue weighted by Gasteiger charge is -2.12. The van der Waals surface area contributed by atoms with Gasteiger partial charge in [-0.05, 0) is 11.2 Å². The minimum Gasteiger partial charge on any atom is -0.612 e. The highest BCUT2D eigenvalue weighted by atomic mass is 32.2. The Hall–Kier alpha value is -1.28. The molecular formula is C8H6F3NO3S. The van der Waals surface area contributed by atoms with Crippen molar-refractivity contribution in [3.63, 3.8) is 0 Å². The molecule has 0 aliphatic rings. The van der Waals surface area contributed by atoms with Gasteiger partial charge in [-0.3, -0.25) is 10.1 Å². The molecule has 88 valence electrons. The summed E-state index contributed by atoms with van der Waals surface area (Å²) in [7, 11) is 0. The molecule has 1 unspecified atom stereocenters. The molecule has 0 aliphatic carbocycles. The Morgan fingerprint density at radius 3 is 2.31 bits per heavy atom. The third kappa shape index (κ3) is 2.64. The number of non-ortho nitro benzene ring substituents is 1. The predicted octanol–water partition coefficient (Wildman–Crippen LogP) is 2.35. The highest BCUT2D eigenvalue weighted by Crippen LogP contribution is 2.36. The quantitative estimate of drug-likeness (QED) is 0.461. The summed E-state index contributed by atoms with van der Waals surface area (Å²) in [6.45, 7) is 0. The van der Waals surface area contributed by atoms with Crippen LogP contribution >= 0.6 is 0 Å². The van der Waals surface area contributed by atoms with Crippen LogP contribution in [0.3, 0.4) is 0 Å². The smallest absolute Gasteiger partial charge is 0.421 e. The van der Waals surface area contributed by atoms with E-state index in [1.165, 1.54) is 0 Å². The van der Waals surface area contributed by atoms with Crippen LogP contribution in [0.2, 0.25) is 0 Å². The van der Waals surface area contributed by atoms with Crippen molar-refractivity contribution in [1.82, 2.24) is 0 Å². The van der Waals surface area contributed by atoms with Crippen LogP contribution in [0.15, 0.2) is 23.1 Å². The number of alkyl halides is 3. The maximum Gasteiger partial charge on any atom is 0.421 e. The van der Waals surface area contributed by atoms with Gasteiger partial charge in [0.2, 0.25) is 0 Å². The van der Waals surface area contributed by atoms with Gasteiger partial charge < -0.3 is 4.55 Å². The fourth-order valence-corrected chi connectivity index (χ4v) is 1.85. The molecule has 0 amide bonds. The SMILES string of the molecule is C[S+]([O-])c1ccc([N+](=O)[O-])cc1C(F)(F)F. The first kappa shape index (κ1) is 12.8. The molecule has 1 aromatic rings. The van der Waals surface area contributed by atoms with E-state index in [9.17, 15) is 27.8 Å². The number of rotatable bonds is 2. The van der Waals surface area contributed by atoms with Crippen LogP contribution in [0, 0.1) is 10.1 Å². The van der Waals surface area contributed by atoms with E-state index in [1.807, 2.05) is 0 Å². The zero-order valence-electron chi connectivity index (χ0n) is 7.95. The van der Waals surface area contributed by atoms with Crippen LogP contribution in [-0.2, 0) is 17.4 Å². The second-order valence-corrected chi connectivity index (χ2v) is 4.24. The molecule has 0 saturated heterocycles. The summed E-state index contributed by atoms with van der Waals surface area (Å²) in [5.41, 5.74) is -1.91. The minimum atomic E-state index is -4.76. The Labute approximate surface area is 91.4 Å². The molecular weight excluding hydrogens is 247 g/mol. The van der Waals surface area contributed by atoms with Gasteiger partial charge in [0.1, 0.15) is 11.8 Å². The van der Waals surface area contributed by atoms with Gasteiger partial charge in [-0.1, -0.05) is 0 Å². The zero-order valence-corrected chi connectivity index (χ0v) is 8.76. The van der Waals surface area contributed by atoms with Gasteiger partial charge in [-0.15, -0.1) is 0 Å². The molecule has 0 N–H and O–H groups in total. The summed E-state index contributed by atoms with van der Waals surface area (Å²) >= 11 is -1.85. The van der Waals surface area contributed by atoms with E-state index in [-0.39, 0.29) is 0 Å². The molecule has 1 atom stereocenters. The highest BCUT2D eigenvalue weighted by molar-refractivity contribution is 7.90. The topological polar surface area (TPSA) is 66.2 Å². The highest BCUT2D eigenvalue weighted by Gasteiger charge is 2.38. The minimum absolute atomic E-state index is 0.386. The molecule has 8 heteroatoms. The van der Waals surface area contributed by atoms with Gasteiger partial charge in [0.15, 0.2) is 4.90 Å². The lowest BCUT2D eigenvalue weighted by atomic mass is 10.2. The third-order valence-corrected chi connectivity index (χ3v) is 2.76. The Bertz CT molecular complexity index is 419. The zero-order chi connectivity index (χ0) is 12.5. The molecule has 0 aliphatic heterocycles. The van der Waals surface area contributed by atoms with E-state index in [2.05, 4.69) is 0 Å². The number of benzene rings is 1. The monoisotopic (exact) mass is 253 g/mol. The molecule has 1 rings (SSSR count). The van der Waals surface area contributed by atoms with E-state index in [0.717, 1.165) is 18.4 Å². The van der Waals surface area contributed by atoms with Gasteiger partial charge in [0.25, 0.3) is 5.69 Å². The Kier molecular flexibility index (Phi) is 3.44. The van der Waals surface area contributed by atoms with E-state index >= 15 is 0 Å². The van der Waals surface area contributed by atoms with Gasteiger partial charge >= 0.3 is 6.18 Å². The van der Waals surface area contributed by atoms with Crippen molar-refractivity contribution in [1.29, 1.82) is 0 Å². The average molecular weight is 253 g/mol. The number of nitrogens with zero attached hydrogens (tertiary/aromatic N) is 1. The number of hydrogen-bond acceptors (Lipinski definition) is 3. The summed E-state index contributed by atoms with van der Waals surface area (Å²) in [5, 5.41) is 10.3. The third-order valence-electron chi connectivity index (χ3n) is 1.79. The van der Waals surface area contributed by atoms with Crippen LogP contribution in [0.1, 0.15) is 5.56 Å². The standard InChI is InChI=1S/C8H6F3NO3S/c1-16(15)7-3-2-5(12(13)14)4-6(7)8(9,10)11/h2-4H,1H3. The van der Waals surface area contributed by atoms with E-state index in [1.54, 1.807) is 0 Å². The largest absolute Gasteiger partial charge is 0.612 e. The summed E-state index contributed by atoms with van der Waals surface area (Å²) < 4.78 is 48.5. The predicted molar refractivity (Wildman–Crippen MR) is 50.4 cm³/mol. The number of nitro benzene ring substituents is 1. The van der Waals surface area contributed by atoms with Crippen molar-refractivity contribution < 1.29 is 22.6 Å². The van der Waals surface area contributed by atoms with Crippen molar-refractivity contribution in [3.05, 3.63) is 33.9 Å². The average Bonchev–Trinajstić information content (AvgIpc) is 2.15. The van der Waals surface area contributed by atoms with Gasteiger partial charge in [-0.25, -0.2) is 0 Å². The molecule has 16 heavy (non-hydrogen) atoms. The van der Waals surface area contributed by atoms with Crippen molar-refractivity contribution in [2.75, 3.05) is 6.26 Å². The summed E-state index contributed by atoms with van der Waals surface area (Å²) in [4.78, 5) is 8.93. The normalized spacial score (nSPS) is 13.6. The van der Waals surface area contributed by atoms with Crippen molar-refractivity contribution in [2.24, 2.45) is 0 Å². The van der Waals surface area contributed by atoms with Crippen LogP contribution in [0.25, 0.3) is 0 Å². The van der Waals surface area contributed by atoms with Gasteiger partial charge in [-0.2, -0.15) is 13.2 Å². The molecule has 0 aromatic heterocycles. The fraction of sp³-hybridized carbons (Fsp3) is 0.250. The van der Waals surface area contributed by atoms with E-state index in [0.29, 0.717) is 6.07 Å². The van der Waals surface area contributed by atoms with Crippen LogP contribution < -0.4 is 0 Å². The molecule has 0 saturated carbocycles. The van der Waals surface area contributed by atoms with Crippen molar-refractivity contribution in [3.8, 4) is 0 Å². The maximum absolute atomic E-state index is 12.5. The Balaban J connectivity index is 3.39. The number of hydrogen-bond donors (Lipinski definition) is 0. The van der Waals surface area contributed by atoms with E-state index in [4.69, 9.17) is 0 Å². The maximum atomic E-state index is 12.5. The molecule has 0 radical (unpaired) electrons. The second-order valence-electron chi connectivity index (χ2n) is 2.89. The first-order valence-electron chi connectivity index (χ1n) is 3.92. The van der Waals surface area contributed by atoms with Crippen molar-refractivity contribution in [2.45, 2.75) is 11.1 Å².